The van der Waals surface area contributed by atoms with Crippen LogP contribution in [0.3, 0.4) is 0 Å². The van der Waals surface area contributed by atoms with Crippen molar-refractivity contribution >= 4 is 27.5 Å². The number of nitrogens with zero attached hydrogens (tertiary/aromatic N) is 1. The van der Waals surface area contributed by atoms with Gasteiger partial charge in [-0.3, -0.25) is 4.79 Å². The first-order chi connectivity index (χ1) is 19.5. The Morgan fingerprint density at radius 2 is 1.90 bits per heavy atom. The number of piperazine rings is 1. The maximum atomic E-state index is 13.8. The van der Waals surface area contributed by atoms with Crippen molar-refractivity contribution in [3.63, 3.8) is 0 Å². The van der Waals surface area contributed by atoms with Crippen molar-refractivity contribution in [1.29, 1.82) is 0 Å². The molecule has 3 saturated heterocycles. The van der Waals surface area contributed by atoms with Crippen LogP contribution in [0.1, 0.15) is 89.5 Å². The molecule has 3 aliphatic heterocycles. The predicted molar refractivity (Wildman–Crippen MR) is 163 cm³/mol. The van der Waals surface area contributed by atoms with Crippen molar-refractivity contribution < 1.29 is 17.9 Å². The first-order valence-electron chi connectivity index (χ1n) is 15.7. The number of carbonyl (C=O) groups is 1. The minimum atomic E-state index is -3.21. The highest BCUT2D eigenvalue weighted by atomic mass is 35.5. The van der Waals surface area contributed by atoms with Gasteiger partial charge in [-0.05, 0) is 94.7 Å². The molecule has 1 aromatic carbocycles. The second kappa shape index (κ2) is 13.2. The Labute approximate surface area is 251 Å². The van der Waals surface area contributed by atoms with Gasteiger partial charge in [0.05, 0.1) is 17.4 Å². The van der Waals surface area contributed by atoms with Crippen LogP contribution in [0.25, 0.3) is 0 Å². The van der Waals surface area contributed by atoms with Crippen molar-refractivity contribution in [1.82, 2.24) is 14.9 Å². The summed E-state index contributed by atoms with van der Waals surface area (Å²) in [4.78, 5) is 13.8. The fourth-order valence-corrected chi connectivity index (χ4v) is 9.81. The number of sulfonamides is 1. The molecule has 1 aliphatic carbocycles. The van der Waals surface area contributed by atoms with Gasteiger partial charge in [-0.2, -0.15) is 4.31 Å². The summed E-state index contributed by atoms with van der Waals surface area (Å²) in [6, 6.07) is 7.40. The second-order valence-corrected chi connectivity index (χ2v) is 16.0. The molecular weight excluding hydrogens is 560 g/mol. The van der Waals surface area contributed by atoms with Crippen LogP contribution in [0.5, 0.6) is 0 Å². The lowest BCUT2D eigenvalue weighted by atomic mass is 9.73. The van der Waals surface area contributed by atoms with Crippen molar-refractivity contribution in [3.05, 3.63) is 34.9 Å². The molecule has 8 atom stereocenters. The van der Waals surface area contributed by atoms with Gasteiger partial charge in [-0.1, -0.05) is 36.6 Å². The summed E-state index contributed by atoms with van der Waals surface area (Å²) in [5, 5.41) is 7.63. The molecule has 4 fully saturated rings. The maximum Gasteiger partial charge on any atom is 0.237 e. The number of hydrogen-bond acceptors (Lipinski definition) is 6. The molecule has 3 heterocycles. The Hall–Kier alpha value is -1.23. The number of hydrogen-bond donors (Lipinski definition) is 3. The smallest absolute Gasteiger partial charge is 0.237 e. The highest BCUT2D eigenvalue weighted by molar-refractivity contribution is 7.89. The van der Waals surface area contributed by atoms with Gasteiger partial charge in [0.1, 0.15) is 0 Å². The lowest BCUT2D eigenvalue weighted by molar-refractivity contribution is -0.126. The van der Waals surface area contributed by atoms with E-state index >= 15 is 0 Å². The predicted octanol–water partition coefficient (Wildman–Crippen LogP) is 4.18. The van der Waals surface area contributed by atoms with E-state index in [0.29, 0.717) is 30.6 Å². The summed E-state index contributed by atoms with van der Waals surface area (Å²) in [5.41, 5.74) is 7.62. The first kappa shape index (κ1) is 31.2. The van der Waals surface area contributed by atoms with E-state index in [4.69, 9.17) is 22.1 Å². The average molecular weight is 609 g/mol. The van der Waals surface area contributed by atoms with Gasteiger partial charge in [-0.25, -0.2) is 8.42 Å². The van der Waals surface area contributed by atoms with E-state index in [1.807, 2.05) is 24.3 Å². The third kappa shape index (κ3) is 7.65. The number of carbonyl (C=O) groups excluding carboxylic acids is 1. The molecule has 2 bridgehead atoms. The molecule has 4 aliphatic rings. The molecule has 0 spiro atoms. The number of nitrogens with two attached hydrogens (primary N) is 1. The molecular formula is C31H49ClN4O4S. The number of ether oxygens (including phenoxy) is 1. The van der Waals surface area contributed by atoms with Gasteiger partial charge >= 0.3 is 0 Å². The molecule has 1 saturated carbocycles. The lowest BCUT2D eigenvalue weighted by Crippen LogP contribution is -2.57. The Kier molecular flexibility index (Phi) is 10.0. The molecule has 230 valence electrons. The second-order valence-electron chi connectivity index (χ2n) is 13.5. The van der Waals surface area contributed by atoms with Crippen LogP contribution in [0, 0.1) is 11.8 Å². The minimum absolute atomic E-state index is 0.0129. The zero-order valence-corrected chi connectivity index (χ0v) is 26.3. The fraction of sp³-hybridized carbons (Fsp3) is 0.774. The molecule has 1 aromatic rings. The topological polar surface area (TPSA) is 114 Å². The summed E-state index contributed by atoms with van der Waals surface area (Å²) in [5.74, 6) is 0.570. The minimum Gasteiger partial charge on any atom is -0.376 e. The highest BCUT2D eigenvalue weighted by Gasteiger charge is 2.41. The summed E-state index contributed by atoms with van der Waals surface area (Å²) in [6.45, 7) is 6.17. The number of amides is 1. The van der Waals surface area contributed by atoms with Crippen LogP contribution in [-0.2, 0) is 19.6 Å². The summed E-state index contributed by atoms with van der Waals surface area (Å²) < 4.78 is 33.6. The molecule has 0 aromatic heterocycles. The SMILES string of the molecule is CC1(C)C[C@@H]([C@H](c2ccc(Cl)cc2)[C@H](N)C(=O)N[C@H]2CCCC[C@@H]2CC[C@H]2CN[C@@H]3CCCS(=O)(=O)N2C3)CCO1. The largest absolute Gasteiger partial charge is 0.376 e. The third-order valence-electron chi connectivity index (χ3n) is 10.1. The Bertz CT molecular complexity index is 1150. The fourth-order valence-electron chi connectivity index (χ4n) is 7.88. The van der Waals surface area contributed by atoms with E-state index < -0.39 is 16.1 Å². The zero-order valence-electron chi connectivity index (χ0n) is 24.7. The maximum absolute atomic E-state index is 13.8. The Balaban J connectivity index is 1.26. The Morgan fingerprint density at radius 3 is 2.66 bits per heavy atom. The molecule has 0 radical (unpaired) electrons. The quantitative estimate of drug-likeness (QED) is 0.408. The molecule has 41 heavy (non-hydrogen) atoms. The monoisotopic (exact) mass is 608 g/mol. The van der Waals surface area contributed by atoms with Crippen LogP contribution < -0.4 is 16.4 Å². The number of nitrogens with one attached hydrogen (secondary N) is 2. The van der Waals surface area contributed by atoms with E-state index in [0.717, 1.165) is 69.8 Å². The molecule has 1 amide bonds. The van der Waals surface area contributed by atoms with E-state index in [-0.39, 0.29) is 47.2 Å². The van der Waals surface area contributed by atoms with Crippen LogP contribution in [0.15, 0.2) is 24.3 Å². The number of rotatable bonds is 8. The van der Waals surface area contributed by atoms with Crippen molar-refractivity contribution in [2.75, 3.05) is 25.4 Å². The van der Waals surface area contributed by atoms with E-state index in [1.54, 1.807) is 4.31 Å². The normalized spacial score (nSPS) is 34.6. The highest BCUT2D eigenvalue weighted by Crippen LogP contribution is 2.40. The zero-order chi connectivity index (χ0) is 29.2. The standard InChI is InChI=1S/C31H49ClN4O4S/c1-31(2)18-23(15-16-40-31)28(22-9-12-24(32)13-10-22)29(33)30(37)35-27-8-4-3-6-21(27)11-14-26-19-34-25-7-5-17-41(38,39)36(26)20-25/h9-10,12-13,21,23,25-29,34H,3-8,11,14-20,33H2,1-2H3,(H,35,37)/t21-,23+,25-,26+,27+,28+,29+/m1/s1. The van der Waals surface area contributed by atoms with Gasteiger partial charge in [0.25, 0.3) is 0 Å². The molecule has 8 nitrogen and oxygen atoms in total. The van der Waals surface area contributed by atoms with Crippen LogP contribution in [0.4, 0.5) is 0 Å². The van der Waals surface area contributed by atoms with Crippen molar-refractivity contribution in [2.45, 2.75) is 114 Å². The van der Waals surface area contributed by atoms with E-state index in [2.05, 4.69) is 24.5 Å². The molecule has 4 N–H and O–H groups in total. The van der Waals surface area contributed by atoms with Gasteiger partial charge in [-0.15, -0.1) is 0 Å². The summed E-state index contributed by atoms with van der Waals surface area (Å²) >= 11 is 6.20. The summed E-state index contributed by atoms with van der Waals surface area (Å²) in [6.07, 6.45) is 9.26. The van der Waals surface area contributed by atoms with Gasteiger partial charge in [0.2, 0.25) is 15.9 Å². The average Bonchev–Trinajstić information content (AvgIpc) is 3.04. The van der Waals surface area contributed by atoms with Crippen LogP contribution in [-0.4, -0.2) is 73.8 Å². The molecule has 5 rings (SSSR count). The van der Waals surface area contributed by atoms with Crippen LogP contribution in [0.2, 0.25) is 5.02 Å². The molecule has 10 heteroatoms. The lowest BCUT2D eigenvalue weighted by Gasteiger charge is -2.42. The number of benzene rings is 1. The van der Waals surface area contributed by atoms with Crippen molar-refractivity contribution in [2.24, 2.45) is 17.6 Å². The molecule has 1 unspecified atom stereocenters. The van der Waals surface area contributed by atoms with Gasteiger partial charge < -0.3 is 21.1 Å². The Morgan fingerprint density at radius 1 is 1.15 bits per heavy atom. The number of fused-ring (bicyclic) bond motifs is 2. The van der Waals surface area contributed by atoms with Gasteiger partial charge in [0, 0.05) is 48.8 Å². The van der Waals surface area contributed by atoms with Gasteiger partial charge in [0.15, 0.2) is 0 Å². The van der Waals surface area contributed by atoms with Crippen molar-refractivity contribution in [3.8, 4) is 0 Å². The first-order valence-corrected chi connectivity index (χ1v) is 17.7. The van der Waals surface area contributed by atoms with E-state index in [1.165, 1.54) is 0 Å². The summed E-state index contributed by atoms with van der Waals surface area (Å²) in [7, 11) is -3.21. The number of halogens is 1. The third-order valence-corrected chi connectivity index (χ3v) is 12.3. The van der Waals surface area contributed by atoms with Crippen LogP contribution >= 0.6 is 11.6 Å². The van der Waals surface area contributed by atoms with E-state index in [9.17, 15) is 13.2 Å².